The predicted molar refractivity (Wildman–Crippen MR) is 170 cm³/mol. The molecule has 0 aliphatic carbocycles. The Balaban J connectivity index is 1.54. The quantitative estimate of drug-likeness (QED) is 0.133. The molecule has 0 radical (unpaired) electrons. The molecule has 5 rings (SSSR count). The average molecular weight is 643 g/mol. The number of hydrogen-bond acceptors (Lipinski definition) is 10. The van der Waals surface area contributed by atoms with Crippen molar-refractivity contribution in [2.45, 2.75) is 48.3 Å². The molecule has 0 amide bonds. The van der Waals surface area contributed by atoms with Gasteiger partial charge in [0.05, 0.1) is 24.8 Å². The van der Waals surface area contributed by atoms with E-state index in [-0.39, 0.29) is 13.2 Å². The molecule has 1 aliphatic heterocycles. The average Bonchev–Trinajstić information content (AvgIpc) is 3.09. The number of rotatable bonds is 12. The molecule has 0 aromatic heterocycles. The summed E-state index contributed by atoms with van der Waals surface area (Å²) in [4.78, 5) is 39.8. The molecule has 1 saturated heterocycles. The molecule has 238 valence electrons. The first-order valence-corrected chi connectivity index (χ1v) is 15.6. The highest BCUT2D eigenvalue weighted by atomic mass is 32.2. The molecule has 46 heavy (non-hydrogen) atoms. The van der Waals surface area contributed by atoms with E-state index in [1.165, 1.54) is 18.7 Å². The smallest absolute Gasteiger partial charge is 0.338 e. The van der Waals surface area contributed by atoms with E-state index in [4.69, 9.17) is 28.4 Å². The van der Waals surface area contributed by atoms with Crippen molar-refractivity contribution in [2.75, 3.05) is 13.7 Å². The van der Waals surface area contributed by atoms with Crippen molar-refractivity contribution in [1.82, 2.24) is 0 Å². The summed E-state index contributed by atoms with van der Waals surface area (Å²) in [6, 6.07) is 33.7. The van der Waals surface area contributed by atoms with E-state index < -0.39 is 47.8 Å². The second-order valence-electron chi connectivity index (χ2n) is 10.4. The molecule has 1 fully saturated rings. The number of ether oxygens (including phenoxy) is 6. The molecule has 4 aromatic carbocycles. The van der Waals surface area contributed by atoms with Crippen molar-refractivity contribution >= 4 is 29.7 Å². The fraction of sp³-hybridized carbons (Fsp3) is 0.250. The number of hydrogen-bond donors (Lipinski definition) is 0. The normalized spacial score (nSPS) is 20.7. The summed E-state index contributed by atoms with van der Waals surface area (Å²) in [6.07, 6.45) is -4.17. The third-order valence-corrected chi connectivity index (χ3v) is 8.30. The van der Waals surface area contributed by atoms with E-state index in [2.05, 4.69) is 0 Å². The van der Waals surface area contributed by atoms with Crippen LogP contribution in [0, 0.1) is 0 Å². The topological polar surface area (TPSA) is 107 Å². The van der Waals surface area contributed by atoms with Gasteiger partial charge in [-0.15, -0.1) is 0 Å². The first-order valence-electron chi connectivity index (χ1n) is 14.7. The standard InChI is InChI=1S/C36H34O9S/c1-24(37)41-23-30-31(42-22-25-18-20-28(40-2)21-19-25)32(44-34(38)26-12-6-3-7-13-26)33(45-35(39)27-14-8-4-9-15-27)36(43-30)46-29-16-10-5-11-17-29/h3-21,30-33,36H,22-23H2,1-2H3/t30-,31+,32+,33-,36+/m1/s1. The maximum Gasteiger partial charge on any atom is 0.338 e. The summed E-state index contributed by atoms with van der Waals surface area (Å²) in [6.45, 7) is 1.20. The summed E-state index contributed by atoms with van der Waals surface area (Å²) >= 11 is 1.29. The van der Waals surface area contributed by atoms with Crippen LogP contribution in [0.25, 0.3) is 0 Å². The van der Waals surface area contributed by atoms with Gasteiger partial charge in [0, 0.05) is 11.8 Å². The molecule has 0 unspecified atom stereocenters. The third-order valence-electron chi connectivity index (χ3n) is 7.14. The SMILES string of the molecule is COc1ccc(CO[C@@H]2[C@H](OC(=O)c3ccccc3)[C@@H](OC(=O)c3ccccc3)[C@H](Sc3ccccc3)O[C@@H]2COC(C)=O)cc1. The minimum absolute atomic E-state index is 0.0871. The highest BCUT2D eigenvalue weighted by Gasteiger charge is 2.52. The Morgan fingerprint density at radius 2 is 1.24 bits per heavy atom. The van der Waals surface area contributed by atoms with E-state index in [0.717, 1.165) is 10.5 Å². The van der Waals surface area contributed by atoms with Crippen molar-refractivity contribution in [3.63, 3.8) is 0 Å². The van der Waals surface area contributed by atoms with Crippen LogP contribution in [0.3, 0.4) is 0 Å². The third kappa shape index (κ3) is 8.75. The number of carbonyl (C=O) groups is 3. The molecule has 5 atom stereocenters. The number of carbonyl (C=O) groups excluding carboxylic acids is 3. The van der Waals surface area contributed by atoms with E-state index >= 15 is 0 Å². The zero-order valence-corrected chi connectivity index (χ0v) is 26.2. The van der Waals surface area contributed by atoms with Crippen LogP contribution < -0.4 is 4.74 Å². The van der Waals surface area contributed by atoms with Gasteiger partial charge < -0.3 is 28.4 Å². The summed E-state index contributed by atoms with van der Waals surface area (Å²) in [5.41, 5.74) is 0.556. The number of benzene rings is 4. The Kier molecular flexibility index (Phi) is 11.4. The maximum absolute atomic E-state index is 13.6. The first-order chi connectivity index (χ1) is 22.4. The highest BCUT2D eigenvalue weighted by molar-refractivity contribution is 7.99. The Hall–Kier alpha value is -4.64. The van der Waals surface area contributed by atoms with Gasteiger partial charge in [0.1, 0.15) is 30.0 Å². The lowest BCUT2D eigenvalue weighted by Crippen LogP contribution is -2.61. The Bertz CT molecular complexity index is 1570. The molecule has 0 N–H and O–H groups in total. The minimum Gasteiger partial charge on any atom is -0.497 e. The van der Waals surface area contributed by atoms with Crippen molar-refractivity contribution in [3.05, 3.63) is 132 Å². The zero-order chi connectivity index (χ0) is 32.3. The van der Waals surface area contributed by atoms with Crippen molar-refractivity contribution in [3.8, 4) is 5.75 Å². The molecule has 4 aromatic rings. The molecule has 0 bridgehead atoms. The van der Waals surface area contributed by atoms with Gasteiger partial charge in [-0.25, -0.2) is 9.59 Å². The van der Waals surface area contributed by atoms with Crippen LogP contribution in [0.15, 0.2) is 120 Å². The van der Waals surface area contributed by atoms with Gasteiger partial charge >= 0.3 is 17.9 Å². The van der Waals surface area contributed by atoms with Gasteiger partial charge in [-0.1, -0.05) is 78.5 Å². The molecule has 0 spiro atoms. The van der Waals surface area contributed by atoms with Crippen LogP contribution in [-0.2, 0) is 35.1 Å². The van der Waals surface area contributed by atoms with Crippen molar-refractivity contribution < 1.29 is 42.8 Å². The van der Waals surface area contributed by atoms with Crippen LogP contribution in [0.5, 0.6) is 5.75 Å². The number of methoxy groups -OCH3 is 1. The lowest BCUT2D eigenvalue weighted by molar-refractivity contribution is -0.226. The Morgan fingerprint density at radius 1 is 0.696 bits per heavy atom. The van der Waals surface area contributed by atoms with E-state index in [1.807, 2.05) is 42.5 Å². The molecule has 9 nitrogen and oxygen atoms in total. The second-order valence-corrected chi connectivity index (χ2v) is 11.5. The van der Waals surface area contributed by atoms with Gasteiger partial charge in [-0.3, -0.25) is 4.79 Å². The molecular weight excluding hydrogens is 608 g/mol. The predicted octanol–water partition coefficient (Wildman–Crippen LogP) is 6.11. The maximum atomic E-state index is 13.6. The summed E-state index contributed by atoms with van der Waals surface area (Å²) in [5.74, 6) is -1.09. The fourth-order valence-corrected chi connectivity index (χ4v) is 5.97. The van der Waals surface area contributed by atoms with Crippen LogP contribution in [0.4, 0.5) is 0 Å². The van der Waals surface area contributed by atoms with E-state index in [9.17, 15) is 14.4 Å². The molecule has 10 heteroatoms. The van der Waals surface area contributed by atoms with Gasteiger partial charge in [-0.2, -0.15) is 0 Å². The largest absolute Gasteiger partial charge is 0.497 e. The molecular formula is C36H34O9S. The molecule has 0 saturated carbocycles. The number of esters is 3. The van der Waals surface area contributed by atoms with E-state index in [0.29, 0.717) is 16.9 Å². The lowest BCUT2D eigenvalue weighted by Gasteiger charge is -2.44. The van der Waals surface area contributed by atoms with Crippen LogP contribution >= 0.6 is 11.8 Å². The van der Waals surface area contributed by atoms with Crippen LogP contribution in [0.2, 0.25) is 0 Å². The molecule has 1 aliphatic rings. The van der Waals surface area contributed by atoms with Gasteiger partial charge in [0.2, 0.25) is 0 Å². The van der Waals surface area contributed by atoms with Crippen molar-refractivity contribution in [2.24, 2.45) is 0 Å². The molecule has 1 heterocycles. The summed E-state index contributed by atoms with van der Waals surface area (Å²) in [5, 5.41) is 0. The summed E-state index contributed by atoms with van der Waals surface area (Å²) in [7, 11) is 1.58. The van der Waals surface area contributed by atoms with Crippen LogP contribution in [-0.4, -0.2) is 61.5 Å². The highest BCUT2D eigenvalue weighted by Crippen LogP contribution is 2.38. The summed E-state index contributed by atoms with van der Waals surface area (Å²) < 4.78 is 35.9. The number of thioether (sulfide) groups is 1. The fourth-order valence-electron chi connectivity index (χ4n) is 4.85. The van der Waals surface area contributed by atoms with E-state index in [1.54, 1.807) is 79.9 Å². The zero-order valence-electron chi connectivity index (χ0n) is 25.4. The minimum atomic E-state index is -1.16. The van der Waals surface area contributed by atoms with Crippen molar-refractivity contribution in [1.29, 1.82) is 0 Å². The monoisotopic (exact) mass is 642 g/mol. The second kappa shape index (κ2) is 16.1. The lowest BCUT2D eigenvalue weighted by atomic mass is 9.98. The van der Waals surface area contributed by atoms with Crippen LogP contribution in [0.1, 0.15) is 33.2 Å². The first kappa shape index (κ1) is 32.7. The van der Waals surface area contributed by atoms with Gasteiger partial charge in [-0.05, 0) is 54.1 Å². The van der Waals surface area contributed by atoms with Gasteiger partial charge in [0.15, 0.2) is 12.2 Å². The Labute approximate surface area is 271 Å². The Morgan fingerprint density at radius 3 is 1.78 bits per heavy atom. The van der Waals surface area contributed by atoms with Gasteiger partial charge in [0.25, 0.3) is 0 Å².